The summed E-state index contributed by atoms with van der Waals surface area (Å²) in [5.74, 6) is -0.893. The second kappa shape index (κ2) is 32.6. The molecule has 3 atom stereocenters. The summed E-state index contributed by atoms with van der Waals surface area (Å²) < 4.78 is 34.1. The van der Waals surface area contributed by atoms with Crippen LogP contribution in [0.1, 0.15) is 136 Å². The van der Waals surface area contributed by atoms with E-state index in [1.54, 1.807) is 6.08 Å². The number of esters is 2. The van der Waals surface area contributed by atoms with Crippen LogP contribution < -0.4 is 0 Å². The van der Waals surface area contributed by atoms with Crippen molar-refractivity contribution in [3.63, 3.8) is 0 Å². The lowest BCUT2D eigenvalue weighted by Crippen LogP contribution is -2.37. The molecule has 0 amide bonds. The standard InChI is InChI=1S/C40H72NO9P/c1-6-8-10-12-14-15-16-17-19-23-27-31-39(43)47-35-38(36-49-51(45,46)48-34-33-41(3,4)5)50-40(44)32-28-24-20-22-26-30-37(42)29-25-21-18-13-11-9-7-2/h9,11-12,14,18,21,25,29,37-38,42H,6-8,10,13,15-17,19-20,22-24,26-28,30-36H2,1-5H3/p+1/b11-9+,14-12-,21-18+,29-25+/t37?,38-/m1/s1. The van der Waals surface area contributed by atoms with E-state index < -0.39 is 38.6 Å². The highest BCUT2D eigenvalue weighted by molar-refractivity contribution is 7.47. The van der Waals surface area contributed by atoms with E-state index in [-0.39, 0.29) is 26.1 Å². The normalized spacial score (nSPS) is 14.9. The van der Waals surface area contributed by atoms with Crippen LogP contribution in [0.25, 0.3) is 0 Å². The molecule has 0 aliphatic carbocycles. The summed E-state index contributed by atoms with van der Waals surface area (Å²) >= 11 is 0. The second-order valence-electron chi connectivity index (χ2n) is 14.1. The lowest BCUT2D eigenvalue weighted by atomic mass is 10.1. The van der Waals surface area contributed by atoms with Crippen LogP contribution in [0.15, 0.2) is 48.6 Å². The zero-order valence-electron chi connectivity index (χ0n) is 32.7. The van der Waals surface area contributed by atoms with E-state index in [1.807, 2.05) is 33.3 Å². The van der Waals surface area contributed by atoms with Crippen LogP contribution in [-0.2, 0) is 32.7 Å². The minimum atomic E-state index is -4.40. The predicted molar refractivity (Wildman–Crippen MR) is 207 cm³/mol. The summed E-state index contributed by atoms with van der Waals surface area (Å²) in [5, 5.41) is 10.1. The monoisotopic (exact) mass is 743 g/mol. The van der Waals surface area contributed by atoms with Gasteiger partial charge in [-0.2, -0.15) is 0 Å². The number of aliphatic hydroxyl groups is 1. The summed E-state index contributed by atoms with van der Waals surface area (Å²) in [6.45, 7) is 4.10. The third-order valence-corrected chi connectivity index (χ3v) is 8.93. The molecule has 0 rings (SSSR count). The molecule has 0 aliphatic heterocycles. The number of phosphoric ester groups is 1. The fourth-order valence-electron chi connectivity index (χ4n) is 4.82. The van der Waals surface area contributed by atoms with Gasteiger partial charge in [-0.25, -0.2) is 4.57 Å². The van der Waals surface area contributed by atoms with Crippen LogP contribution in [0.2, 0.25) is 0 Å². The first-order valence-electron chi connectivity index (χ1n) is 19.5. The number of rotatable bonds is 34. The van der Waals surface area contributed by atoms with E-state index in [1.165, 1.54) is 12.8 Å². The Bertz CT molecular complexity index is 1040. The van der Waals surface area contributed by atoms with Gasteiger partial charge in [-0.15, -0.1) is 0 Å². The number of ether oxygens (including phenoxy) is 2. The SMILES string of the molecule is CC/C=C/C/C=C/C=C/C(O)CCCCCCCC(=O)O[C@H](COC(=O)CCCCCCC/C=C\CCCC)COP(=O)(O)OCC[N+](C)(C)C. The highest BCUT2D eigenvalue weighted by Gasteiger charge is 2.27. The maximum atomic E-state index is 12.6. The first-order chi connectivity index (χ1) is 24.4. The number of allylic oxidation sites excluding steroid dienone is 7. The van der Waals surface area contributed by atoms with E-state index in [4.69, 9.17) is 18.5 Å². The third kappa shape index (κ3) is 36.1. The number of aliphatic hydroxyl groups excluding tert-OH is 1. The van der Waals surface area contributed by atoms with Gasteiger partial charge in [0, 0.05) is 12.8 Å². The van der Waals surface area contributed by atoms with E-state index in [0.717, 1.165) is 77.0 Å². The smallest absolute Gasteiger partial charge is 0.462 e. The molecule has 2 N–H and O–H groups in total. The number of phosphoric acid groups is 1. The van der Waals surface area contributed by atoms with Crippen LogP contribution in [0, 0.1) is 0 Å². The van der Waals surface area contributed by atoms with Gasteiger partial charge in [-0.05, 0) is 51.4 Å². The molecular formula is C40H73NO9P+. The van der Waals surface area contributed by atoms with Crippen LogP contribution >= 0.6 is 7.82 Å². The minimum Gasteiger partial charge on any atom is -0.462 e. The van der Waals surface area contributed by atoms with Crippen LogP contribution in [-0.4, -0.2) is 86.1 Å². The van der Waals surface area contributed by atoms with E-state index in [0.29, 0.717) is 30.3 Å². The Kier molecular flexibility index (Phi) is 31.2. The quantitative estimate of drug-likeness (QED) is 0.0166. The minimum absolute atomic E-state index is 0.0105. The van der Waals surface area contributed by atoms with Gasteiger partial charge in [-0.1, -0.05) is 120 Å². The number of nitrogens with zero attached hydrogens (tertiary/aromatic N) is 1. The lowest BCUT2D eigenvalue weighted by molar-refractivity contribution is -0.870. The largest absolute Gasteiger partial charge is 0.472 e. The van der Waals surface area contributed by atoms with Crippen molar-refractivity contribution < 1.29 is 47.2 Å². The molecule has 296 valence electrons. The number of carbonyl (C=O) groups is 2. The Morgan fingerprint density at radius 3 is 2.02 bits per heavy atom. The van der Waals surface area contributed by atoms with Gasteiger partial charge in [0.15, 0.2) is 6.10 Å². The number of hydrogen-bond acceptors (Lipinski definition) is 8. The molecular weight excluding hydrogens is 669 g/mol. The molecule has 0 aromatic rings. The fourth-order valence-corrected chi connectivity index (χ4v) is 5.57. The van der Waals surface area contributed by atoms with E-state index in [2.05, 4.69) is 44.2 Å². The van der Waals surface area contributed by atoms with Gasteiger partial charge in [0.1, 0.15) is 19.8 Å². The maximum Gasteiger partial charge on any atom is 0.472 e. The Morgan fingerprint density at radius 1 is 0.725 bits per heavy atom. The number of unbranched alkanes of at least 4 members (excludes halogenated alkanes) is 11. The average Bonchev–Trinajstić information content (AvgIpc) is 3.06. The van der Waals surface area contributed by atoms with Crippen molar-refractivity contribution in [1.29, 1.82) is 0 Å². The predicted octanol–water partition coefficient (Wildman–Crippen LogP) is 9.32. The summed E-state index contributed by atoms with van der Waals surface area (Å²) in [6, 6.07) is 0. The van der Waals surface area contributed by atoms with Gasteiger partial charge < -0.3 is 24.0 Å². The Morgan fingerprint density at radius 2 is 1.35 bits per heavy atom. The molecule has 51 heavy (non-hydrogen) atoms. The zero-order chi connectivity index (χ0) is 38.1. The molecule has 0 saturated carbocycles. The van der Waals surface area contributed by atoms with Crippen molar-refractivity contribution in [1.82, 2.24) is 0 Å². The topological polar surface area (TPSA) is 129 Å². The van der Waals surface area contributed by atoms with Crippen LogP contribution in [0.5, 0.6) is 0 Å². The number of likely N-dealkylation sites (N-methyl/N-ethyl adjacent to an activating group) is 1. The van der Waals surface area contributed by atoms with Crippen molar-refractivity contribution in [3.8, 4) is 0 Å². The first kappa shape index (κ1) is 48.9. The van der Waals surface area contributed by atoms with Gasteiger partial charge >= 0.3 is 19.8 Å². The fraction of sp³-hybridized carbons (Fsp3) is 0.750. The molecule has 10 nitrogen and oxygen atoms in total. The van der Waals surface area contributed by atoms with Gasteiger partial charge in [0.25, 0.3) is 0 Å². The van der Waals surface area contributed by atoms with Crippen molar-refractivity contribution in [3.05, 3.63) is 48.6 Å². The highest BCUT2D eigenvalue weighted by atomic mass is 31.2. The summed E-state index contributed by atoms with van der Waals surface area (Å²) in [5.41, 5.74) is 0. The highest BCUT2D eigenvalue weighted by Crippen LogP contribution is 2.43. The molecule has 0 spiro atoms. The van der Waals surface area contributed by atoms with Crippen molar-refractivity contribution in [2.75, 3.05) is 47.5 Å². The average molecular weight is 743 g/mol. The van der Waals surface area contributed by atoms with Gasteiger partial charge in [-0.3, -0.25) is 18.6 Å². The molecule has 2 unspecified atom stereocenters. The second-order valence-corrected chi connectivity index (χ2v) is 15.6. The Hall–Kier alpha value is -2.07. The molecule has 0 bridgehead atoms. The van der Waals surface area contributed by atoms with Gasteiger partial charge in [0.05, 0.1) is 33.9 Å². The van der Waals surface area contributed by atoms with Crippen molar-refractivity contribution in [2.24, 2.45) is 0 Å². The number of quaternary nitrogens is 1. The molecule has 0 fully saturated rings. The van der Waals surface area contributed by atoms with Gasteiger partial charge in [0.2, 0.25) is 0 Å². The number of hydrogen-bond donors (Lipinski definition) is 2. The molecule has 0 aliphatic rings. The van der Waals surface area contributed by atoms with Crippen LogP contribution in [0.3, 0.4) is 0 Å². The van der Waals surface area contributed by atoms with Crippen molar-refractivity contribution in [2.45, 2.75) is 148 Å². The van der Waals surface area contributed by atoms with E-state index in [9.17, 15) is 24.2 Å². The Balaban J connectivity index is 4.55. The van der Waals surface area contributed by atoms with Crippen LogP contribution in [0.4, 0.5) is 0 Å². The zero-order valence-corrected chi connectivity index (χ0v) is 33.6. The molecule has 11 heteroatoms. The molecule has 0 aromatic carbocycles. The lowest BCUT2D eigenvalue weighted by Gasteiger charge is -2.24. The summed E-state index contributed by atoms with van der Waals surface area (Å²) in [6.07, 6.45) is 31.8. The first-order valence-corrected chi connectivity index (χ1v) is 21.0. The number of carbonyl (C=O) groups excluding carboxylic acids is 2. The summed E-state index contributed by atoms with van der Waals surface area (Å²) in [4.78, 5) is 35.2. The third-order valence-electron chi connectivity index (χ3n) is 7.95. The molecule has 0 heterocycles. The molecule has 0 radical (unpaired) electrons. The van der Waals surface area contributed by atoms with E-state index >= 15 is 0 Å². The summed E-state index contributed by atoms with van der Waals surface area (Å²) in [7, 11) is 1.40. The molecule has 0 saturated heterocycles. The maximum absolute atomic E-state index is 12.6. The molecule has 0 aromatic heterocycles. The van der Waals surface area contributed by atoms with Crippen molar-refractivity contribution >= 4 is 19.8 Å². The Labute approximate surface area is 310 Å².